The predicted octanol–water partition coefficient (Wildman–Crippen LogP) is 3.70. The number of benzene rings is 1. The number of amides is 2. The zero-order valence-electron chi connectivity index (χ0n) is 13.6. The molecule has 1 aliphatic carbocycles. The van der Waals surface area contributed by atoms with Crippen LogP contribution in [0.3, 0.4) is 0 Å². The Morgan fingerprint density at radius 3 is 2.88 bits per heavy atom. The summed E-state index contributed by atoms with van der Waals surface area (Å²) in [4.78, 5) is 12.0. The minimum atomic E-state index is -4.44. The molecule has 0 saturated heterocycles. The topological polar surface area (TPSA) is 82.7 Å². The number of alkyl halides is 3. The molecule has 0 bridgehead atoms. The molecule has 1 aliphatic rings. The highest BCUT2D eigenvalue weighted by Gasteiger charge is 2.31. The Bertz CT molecular complexity index is 839. The number of carbonyl (C=O) groups excluding carboxylic acids is 1. The summed E-state index contributed by atoms with van der Waals surface area (Å²) in [5.41, 5.74) is -0.207. The van der Waals surface area contributed by atoms with E-state index in [1.807, 2.05) is 0 Å². The van der Waals surface area contributed by atoms with E-state index in [0.29, 0.717) is 5.69 Å². The van der Waals surface area contributed by atoms with Crippen molar-refractivity contribution in [3.63, 3.8) is 0 Å². The number of aromatic nitrogens is 2. The van der Waals surface area contributed by atoms with E-state index in [-0.39, 0.29) is 17.6 Å². The van der Waals surface area contributed by atoms with Crippen LogP contribution in [0.2, 0.25) is 0 Å². The fraction of sp³-hybridized carbons (Fsp3) is 0.353. The van der Waals surface area contributed by atoms with Crippen molar-refractivity contribution in [1.29, 1.82) is 5.26 Å². The summed E-state index contributed by atoms with van der Waals surface area (Å²) < 4.78 is 39.6. The SMILES string of the molecule is N#C[C@@H]1CCC[C@@H]1NC(=O)Nc1cnn(-c2cccc(C(F)(F)F)c2)c1. The van der Waals surface area contributed by atoms with Crippen molar-refractivity contribution in [3.8, 4) is 11.8 Å². The molecule has 9 heteroatoms. The Kier molecular flexibility index (Phi) is 4.84. The first kappa shape index (κ1) is 17.8. The van der Waals surface area contributed by atoms with Gasteiger partial charge < -0.3 is 10.6 Å². The van der Waals surface area contributed by atoms with E-state index < -0.39 is 17.8 Å². The molecule has 2 aromatic rings. The van der Waals surface area contributed by atoms with Gasteiger partial charge in [-0.25, -0.2) is 9.48 Å². The molecule has 6 nitrogen and oxygen atoms in total. The Morgan fingerprint density at radius 2 is 2.15 bits per heavy atom. The van der Waals surface area contributed by atoms with Gasteiger partial charge in [-0.2, -0.15) is 23.5 Å². The highest BCUT2D eigenvalue weighted by molar-refractivity contribution is 5.89. The first-order valence-electron chi connectivity index (χ1n) is 8.06. The normalized spacial score (nSPS) is 19.8. The number of hydrogen-bond acceptors (Lipinski definition) is 3. The molecule has 1 aromatic carbocycles. The van der Waals surface area contributed by atoms with Gasteiger partial charge >= 0.3 is 12.2 Å². The molecule has 0 radical (unpaired) electrons. The van der Waals surface area contributed by atoms with Gasteiger partial charge in [0.1, 0.15) is 0 Å². The highest BCUT2D eigenvalue weighted by atomic mass is 19.4. The summed E-state index contributed by atoms with van der Waals surface area (Å²) in [6.07, 6.45) is 0.713. The molecule has 2 atom stereocenters. The van der Waals surface area contributed by atoms with Gasteiger partial charge in [-0.3, -0.25) is 0 Å². The first-order chi connectivity index (χ1) is 12.4. The zero-order chi connectivity index (χ0) is 18.7. The van der Waals surface area contributed by atoms with E-state index in [1.165, 1.54) is 29.2 Å². The van der Waals surface area contributed by atoms with Crippen LogP contribution >= 0.6 is 0 Å². The van der Waals surface area contributed by atoms with E-state index in [0.717, 1.165) is 31.4 Å². The number of hydrogen-bond donors (Lipinski definition) is 2. The van der Waals surface area contributed by atoms with Crippen LogP contribution in [0.1, 0.15) is 24.8 Å². The molecular weight excluding hydrogens is 347 g/mol. The fourth-order valence-corrected chi connectivity index (χ4v) is 2.98. The lowest BCUT2D eigenvalue weighted by Gasteiger charge is -2.15. The van der Waals surface area contributed by atoms with E-state index >= 15 is 0 Å². The van der Waals surface area contributed by atoms with Gasteiger partial charge in [-0.05, 0) is 37.5 Å². The minimum Gasteiger partial charge on any atom is -0.334 e. The van der Waals surface area contributed by atoms with Gasteiger partial charge in [0.05, 0.1) is 41.3 Å². The number of carbonyl (C=O) groups is 1. The van der Waals surface area contributed by atoms with Crippen LogP contribution in [0, 0.1) is 17.2 Å². The molecule has 26 heavy (non-hydrogen) atoms. The maximum Gasteiger partial charge on any atom is 0.416 e. The van der Waals surface area contributed by atoms with E-state index in [1.54, 1.807) is 0 Å². The Morgan fingerprint density at radius 1 is 1.35 bits per heavy atom. The van der Waals surface area contributed by atoms with E-state index in [2.05, 4.69) is 21.8 Å². The van der Waals surface area contributed by atoms with Gasteiger partial charge in [0.25, 0.3) is 0 Å². The van der Waals surface area contributed by atoms with Crippen LogP contribution < -0.4 is 10.6 Å². The summed E-state index contributed by atoms with van der Waals surface area (Å²) in [6, 6.07) is 6.25. The minimum absolute atomic E-state index is 0.196. The standard InChI is InChI=1S/C17H16F3N5O/c18-17(19,20)12-4-2-5-14(7-12)25-10-13(9-22-25)23-16(26)24-15-6-1-3-11(15)8-21/h2,4-5,7,9-11,15H,1,3,6H2,(H2,23,24,26)/t11-,15-/m0/s1. The smallest absolute Gasteiger partial charge is 0.334 e. The van der Waals surface area contributed by atoms with Crippen molar-refractivity contribution in [1.82, 2.24) is 15.1 Å². The second kappa shape index (κ2) is 7.07. The van der Waals surface area contributed by atoms with Crippen LogP contribution in [-0.4, -0.2) is 21.9 Å². The van der Waals surface area contributed by atoms with Gasteiger partial charge in [0.15, 0.2) is 0 Å². The van der Waals surface area contributed by atoms with Gasteiger partial charge in [-0.1, -0.05) is 6.07 Å². The molecule has 2 amide bonds. The van der Waals surface area contributed by atoms with Crippen molar-refractivity contribution in [2.45, 2.75) is 31.5 Å². The number of nitriles is 1. The van der Waals surface area contributed by atoms with Gasteiger partial charge in [-0.15, -0.1) is 0 Å². The lowest BCUT2D eigenvalue weighted by Crippen LogP contribution is -2.39. The quantitative estimate of drug-likeness (QED) is 0.872. The highest BCUT2D eigenvalue weighted by Crippen LogP contribution is 2.30. The number of nitrogens with one attached hydrogen (secondary N) is 2. The third-order valence-electron chi connectivity index (χ3n) is 4.28. The number of anilines is 1. The molecule has 1 aromatic heterocycles. The van der Waals surface area contributed by atoms with Crippen molar-refractivity contribution in [3.05, 3.63) is 42.2 Å². The van der Waals surface area contributed by atoms with Crippen LogP contribution in [0.15, 0.2) is 36.7 Å². The average Bonchev–Trinajstić information content (AvgIpc) is 3.23. The van der Waals surface area contributed by atoms with Gasteiger partial charge in [0.2, 0.25) is 0 Å². The zero-order valence-corrected chi connectivity index (χ0v) is 13.6. The monoisotopic (exact) mass is 363 g/mol. The molecule has 1 heterocycles. The molecule has 1 fully saturated rings. The Labute approximate surface area is 147 Å². The maximum absolute atomic E-state index is 12.8. The Hall–Kier alpha value is -3.02. The largest absolute Gasteiger partial charge is 0.416 e. The van der Waals surface area contributed by atoms with Crippen molar-refractivity contribution in [2.75, 3.05) is 5.32 Å². The van der Waals surface area contributed by atoms with Crippen LogP contribution in [0.5, 0.6) is 0 Å². The molecule has 0 spiro atoms. The number of nitrogens with zero attached hydrogens (tertiary/aromatic N) is 3. The van der Waals surface area contributed by atoms with Crippen LogP contribution in [-0.2, 0) is 6.18 Å². The molecular formula is C17H16F3N5O. The summed E-state index contributed by atoms with van der Waals surface area (Å²) in [5.74, 6) is -0.200. The third kappa shape index (κ3) is 3.96. The summed E-state index contributed by atoms with van der Waals surface area (Å²) in [5, 5.41) is 18.3. The van der Waals surface area contributed by atoms with E-state index in [9.17, 15) is 18.0 Å². The van der Waals surface area contributed by atoms with Crippen LogP contribution in [0.4, 0.5) is 23.7 Å². The fourth-order valence-electron chi connectivity index (χ4n) is 2.98. The molecule has 136 valence electrons. The molecule has 3 rings (SSSR count). The summed E-state index contributed by atoms with van der Waals surface area (Å²) >= 11 is 0. The molecule has 0 aliphatic heterocycles. The van der Waals surface area contributed by atoms with Crippen molar-refractivity contribution in [2.24, 2.45) is 5.92 Å². The lowest BCUT2D eigenvalue weighted by molar-refractivity contribution is -0.137. The second-order valence-corrected chi connectivity index (χ2v) is 6.09. The van der Waals surface area contributed by atoms with Crippen molar-refractivity contribution < 1.29 is 18.0 Å². The maximum atomic E-state index is 12.8. The first-order valence-corrected chi connectivity index (χ1v) is 8.06. The molecule has 2 N–H and O–H groups in total. The molecule has 0 unspecified atom stereocenters. The number of halogens is 3. The van der Waals surface area contributed by atoms with Crippen molar-refractivity contribution >= 4 is 11.7 Å². The average molecular weight is 363 g/mol. The second-order valence-electron chi connectivity index (χ2n) is 6.09. The third-order valence-corrected chi connectivity index (χ3v) is 4.28. The lowest BCUT2D eigenvalue weighted by atomic mass is 10.1. The van der Waals surface area contributed by atoms with E-state index in [4.69, 9.17) is 5.26 Å². The summed E-state index contributed by atoms with van der Waals surface area (Å²) in [6.45, 7) is 0. The van der Waals surface area contributed by atoms with Crippen LogP contribution in [0.25, 0.3) is 5.69 Å². The molecule has 1 saturated carbocycles. The predicted molar refractivity (Wildman–Crippen MR) is 87.5 cm³/mol. The number of urea groups is 1. The van der Waals surface area contributed by atoms with Gasteiger partial charge in [0, 0.05) is 6.04 Å². The summed E-state index contributed by atoms with van der Waals surface area (Å²) in [7, 11) is 0. The number of rotatable bonds is 3. The Balaban J connectivity index is 1.67.